The van der Waals surface area contributed by atoms with Crippen molar-refractivity contribution in [2.75, 3.05) is 13.1 Å². The normalized spacial score (nSPS) is 14.6. The van der Waals surface area contributed by atoms with E-state index in [2.05, 4.69) is 5.43 Å². The van der Waals surface area contributed by atoms with E-state index in [0.717, 1.165) is 42.9 Å². The maximum absolute atomic E-state index is 13.2. The topological polar surface area (TPSA) is 50.2 Å². The summed E-state index contributed by atoms with van der Waals surface area (Å²) < 4.78 is 2.00. The van der Waals surface area contributed by atoms with E-state index in [1.807, 2.05) is 65.0 Å². The van der Waals surface area contributed by atoms with Crippen LogP contribution in [0.25, 0.3) is 17.1 Å². The van der Waals surface area contributed by atoms with Crippen molar-refractivity contribution in [3.05, 3.63) is 70.0 Å². The molecule has 4 rings (SSSR count). The van der Waals surface area contributed by atoms with E-state index in [1.54, 1.807) is 0 Å². The number of hydrogen-bond donors (Lipinski definition) is 1. The Morgan fingerprint density at radius 2 is 1.73 bits per heavy atom. The summed E-state index contributed by atoms with van der Waals surface area (Å²) in [5, 5.41) is 3.23. The highest BCUT2D eigenvalue weighted by Crippen LogP contribution is 2.32. The van der Waals surface area contributed by atoms with Gasteiger partial charge in [-0.1, -0.05) is 48.7 Å². The number of piperidine rings is 1. The van der Waals surface area contributed by atoms with Gasteiger partial charge in [-0.3, -0.25) is 14.8 Å². The van der Waals surface area contributed by atoms with E-state index in [1.165, 1.54) is 6.42 Å². The van der Waals surface area contributed by atoms with Crippen LogP contribution in [0.3, 0.4) is 0 Å². The molecule has 2 aromatic carbocycles. The van der Waals surface area contributed by atoms with Crippen LogP contribution >= 0.6 is 23.2 Å². The molecule has 1 aliphatic heterocycles. The number of amides is 1. The van der Waals surface area contributed by atoms with Gasteiger partial charge < -0.3 is 0 Å². The van der Waals surface area contributed by atoms with Gasteiger partial charge in [0.15, 0.2) is 5.69 Å². The molecule has 0 aliphatic carbocycles. The first-order valence-corrected chi connectivity index (χ1v) is 11.0. The van der Waals surface area contributed by atoms with Crippen molar-refractivity contribution in [2.24, 2.45) is 0 Å². The number of carbonyl (C=O) groups excluding carboxylic acids is 1. The lowest BCUT2D eigenvalue weighted by atomic mass is 10.2. The van der Waals surface area contributed by atoms with Crippen molar-refractivity contribution in [1.29, 1.82) is 0 Å². The average Bonchev–Trinajstić information content (AvgIpc) is 3.15. The molecule has 1 fully saturated rings. The molecule has 1 aromatic heterocycles. The summed E-state index contributed by atoms with van der Waals surface area (Å²) in [5.41, 5.74) is 5.96. The van der Waals surface area contributed by atoms with Crippen LogP contribution in [0, 0.1) is 0 Å². The number of imidazole rings is 1. The SMILES string of the molecule is CCc1c(C(=O)NN2CCCCC2)nc(-c2ccccc2Cl)n1-c1ccc(Cl)cc1. The van der Waals surface area contributed by atoms with Gasteiger partial charge in [-0.05, 0) is 55.7 Å². The fourth-order valence-corrected chi connectivity index (χ4v) is 4.20. The van der Waals surface area contributed by atoms with Gasteiger partial charge in [0.2, 0.25) is 0 Å². The van der Waals surface area contributed by atoms with Crippen LogP contribution in [0.5, 0.6) is 0 Å². The predicted octanol–water partition coefficient (Wildman–Crippen LogP) is 5.54. The number of nitrogens with zero attached hydrogens (tertiary/aromatic N) is 3. The molecule has 0 bridgehead atoms. The zero-order valence-corrected chi connectivity index (χ0v) is 18.4. The molecule has 0 saturated carbocycles. The summed E-state index contributed by atoms with van der Waals surface area (Å²) in [6, 6.07) is 15.1. The summed E-state index contributed by atoms with van der Waals surface area (Å²) in [4.78, 5) is 18.0. The van der Waals surface area contributed by atoms with E-state index in [9.17, 15) is 4.79 Å². The Bertz CT molecular complexity index is 1040. The van der Waals surface area contributed by atoms with Crippen LogP contribution in [0.15, 0.2) is 48.5 Å². The average molecular weight is 443 g/mol. The highest BCUT2D eigenvalue weighted by molar-refractivity contribution is 6.33. The van der Waals surface area contributed by atoms with Gasteiger partial charge in [0, 0.05) is 29.4 Å². The molecule has 0 unspecified atom stereocenters. The number of hydrogen-bond acceptors (Lipinski definition) is 3. The number of benzene rings is 2. The first kappa shape index (κ1) is 20.9. The summed E-state index contributed by atoms with van der Waals surface area (Å²) in [6.45, 7) is 3.75. The lowest BCUT2D eigenvalue weighted by molar-refractivity contribution is 0.0744. The lowest BCUT2D eigenvalue weighted by Crippen LogP contribution is -2.45. The minimum Gasteiger partial charge on any atom is -0.296 e. The number of aromatic nitrogens is 2. The Balaban J connectivity index is 1.83. The molecular formula is C23H24Cl2N4O. The largest absolute Gasteiger partial charge is 0.296 e. The van der Waals surface area contributed by atoms with E-state index in [0.29, 0.717) is 28.0 Å². The van der Waals surface area contributed by atoms with Crippen molar-refractivity contribution in [3.8, 4) is 17.1 Å². The lowest BCUT2D eigenvalue weighted by Gasteiger charge is -2.26. The van der Waals surface area contributed by atoms with E-state index in [4.69, 9.17) is 28.2 Å². The third kappa shape index (κ3) is 4.24. The monoisotopic (exact) mass is 442 g/mol. The molecule has 0 radical (unpaired) electrons. The van der Waals surface area contributed by atoms with Crippen molar-refractivity contribution in [3.63, 3.8) is 0 Å². The molecule has 7 heteroatoms. The van der Waals surface area contributed by atoms with Gasteiger partial charge in [-0.2, -0.15) is 0 Å². The fourth-order valence-electron chi connectivity index (χ4n) is 3.86. The van der Waals surface area contributed by atoms with Gasteiger partial charge in [-0.25, -0.2) is 9.99 Å². The quantitative estimate of drug-likeness (QED) is 0.564. The van der Waals surface area contributed by atoms with E-state index >= 15 is 0 Å². The van der Waals surface area contributed by atoms with Crippen LogP contribution in [0.2, 0.25) is 10.0 Å². The standard InChI is InChI=1S/C23H24Cl2N4O/c1-2-20-21(23(30)27-28-14-6-3-7-15-28)26-22(18-8-4-5-9-19(18)25)29(20)17-12-10-16(24)11-13-17/h4-5,8-13H,2-3,6-7,14-15H2,1H3,(H,27,30). The number of rotatable bonds is 5. The molecule has 156 valence electrons. The summed E-state index contributed by atoms with van der Waals surface area (Å²) in [6.07, 6.45) is 4.02. The van der Waals surface area contributed by atoms with Crippen LogP contribution in [-0.4, -0.2) is 33.6 Å². The van der Waals surface area contributed by atoms with Crippen LogP contribution in [0.4, 0.5) is 0 Å². The van der Waals surface area contributed by atoms with Crippen molar-refractivity contribution in [2.45, 2.75) is 32.6 Å². The molecule has 5 nitrogen and oxygen atoms in total. The first-order valence-electron chi connectivity index (χ1n) is 10.3. The van der Waals surface area contributed by atoms with Crippen molar-refractivity contribution >= 4 is 29.1 Å². The molecule has 3 aromatic rings. The van der Waals surface area contributed by atoms with Crippen LogP contribution in [0.1, 0.15) is 42.4 Å². The number of halogens is 2. The summed E-state index contributed by atoms with van der Waals surface area (Å²) in [7, 11) is 0. The third-order valence-electron chi connectivity index (χ3n) is 5.34. The first-order chi connectivity index (χ1) is 14.6. The molecule has 2 heterocycles. The number of hydrazine groups is 1. The van der Waals surface area contributed by atoms with Crippen LogP contribution in [-0.2, 0) is 6.42 Å². The Labute approximate surface area is 186 Å². The fraction of sp³-hybridized carbons (Fsp3) is 0.304. The summed E-state index contributed by atoms with van der Waals surface area (Å²) >= 11 is 12.6. The minimum absolute atomic E-state index is 0.185. The molecule has 1 amide bonds. The second-order valence-electron chi connectivity index (χ2n) is 7.36. The zero-order chi connectivity index (χ0) is 21.1. The highest BCUT2D eigenvalue weighted by atomic mass is 35.5. The van der Waals surface area contributed by atoms with Gasteiger partial charge in [0.1, 0.15) is 5.82 Å². The summed E-state index contributed by atoms with van der Waals surface area (Å²) in [5.74, 6) is 0.457. The molecule has 30 heavy (non-hydrogen) atoms. The van der Waals surface area contributed by atoms with E-state index < -0.39 is 0 Å². The maximum Gasteiger partial charge on any atom is 0.286 e. The smallest absolute Gasteiger partial charge is 0.286 e. The van der Waals surface area contributed by atoms with E-state index in [-0.39, 0.29) is 5.91 Å². The van der Waals surface area contributed by atoms with Gasteiger partial charge in [0.05, 0.1) is 10.7 Å². The second kappa shape index (κ2) is 9.21. The highest BCUT2D eigenvalue weighted by Gasteiger charge is 2.25. The predicted molar refractivity (Wildman–Crippen MR) is 121 cm³/mol. The van der Waals surface area contributed by atoms with Crippen molar-refractivity contribution in [1.82, 2.24) is 20.0 Å². The molecular weight excluding hydrogens is 419 g/mol. The number of carbonyl (C=O) groups is 1. The Morgan fingerprint density at radius 3 is 2.40 bits per heavy atom. The molecule has 0 atom stereocenters. The van der Waals surface area contributed by atoms with Gasteiger partial charge in [-0.15, -0.1) is 0 Å². The Morgan fingerprint density at radius 1 is 1.03 bits per heavy atom. The third-order valence-corrected chi connectivity index (χ3v) is 5.92. The second-order valence-corrected chi connectivity index (χ2v) is 8.21. The number of nitrogens with one attached hydrogen (secondary N) is 1. The van der Waals surface area contributed by atoms with Gasteiger partial charge >= 0.3 is 0 Å². The maximum atomic E-state index is 13.2. The Kier molecular flexibility index (Phi) is 6.42. The Hall–Kier alpha value is -2.34. The van der Waals surface area contributed by atoms with Crippen LogP contribution < -0.4 is 5.43 Å². The molecule has 1 aliphatic rings. The van der Waals surface area contributed by atoms with Gasteiger partial charge in [0.25, 0.3) is 5.91 Å². The molecule has 1 N–H and O–H groups in total. The van der Waals surface area contributed by atoms with Crippen molar-refractivity contribution < 1.29 is 4.79 Å². The zero-order valence-electron chi connectivity index (χ0n) is 16.9. The molecule has 1 saturated heterocycles. The molecule has 0 spiro atoms. The minimum atomic E-state index is -0.185.